The standard InChI is InChI=1S/C30H47F2N4P/c1-6-17-29(18-7-2,36-22-20-34(21-23-36)24-27-14-10-9-11-15-27)25-35(26(4)8-3)19-13-12-16-28(33-5)30(31,32)37/h9-16,19H,4,6-8,17-18,20-25,37H2,1-3,5H3/b16-12-,19-13+,33-28+. The molecule has 1 aromatic carbocycles. The lowest BCUT2D eigenvalue weighted by Crippen LogP contribution is -2.60. The van der Waals surface area contributed by atoms with E-state index in [1.807, 2.05) is 12.3 Å². The lowest BCUT2D eigenvalue weighted by atomic mass is 9.85. The first-order valence-electron chi connectivity index (χ1n) is 13.6. The van der Waals surface area contributed by atoms with Crippen LogP contribution in [0.2, 0.25) is 0 Å². The molecule has 37 heavy (non-hydrogen) atoms. The number of aliphatic imine (C=N–C) groups is 1. The zero-order valence-electron chi connectivity index (χ0n) is 23.3. The molecule has 206 valence electrons. The van der Waals surface area contributed by atoms with Gasteiger partial charge in [0.05, 0.1) is 0 Å². The van der Waals surface area contributed by atoms with E-state index in [0.29, 0.717) is 0 Å². The average Bonchev–Trinajstić information content (AvgIpc) is 2.88. The van der Waals surface area contributed by atoms with Gasteiger partial charge in [0, 0.05) is 63.8 Å². The summed E-state index contributed by atoms with van der Waals surface area (Å²) >= 11 is 0. The topological polar surface area (TPSA) is 22.1 Å². The van der Waals surface area contributed by atoms with E-state index in [4.69, 9.17) is 0 Å². The first-order chi connectivity index (χ1) is 17.7. The molecule has 1 saturated heterocycles. The third-order valence-electron chi connectivity index (χ3n) is 7.22. The summed E-state index contributed by atoms with van der Waals surface area (Å²) in [4.78, 5) is 11.2. The lowest BCUT2D eigenvalue weighted by molar-refractivity contribution is 0.00502. The van der Waals surface area contributed by atoms with Crippen molar-refractivity contribution in [2.75, 3.05) is 39.8 Å². The fourth-order valence-corrected chi connectivity index (χ4v) is 5.50. The Morgan fingerprint density at radius 2 is 1.68 bits per heavy atom. The van der Waals surface area contributed by atoms with E-state index in [2.05, 4.69) is 77.4 Å². The van der Waals surface area contributed by atoms with Crippen LogP contribution in [0, 0.1) is 0 Å². The van der Waals surface area contributed by atoms with Crippen molar-refractivity contribution in [3.63, 3.8) is 0 Å². The largest absolute Gasteiger partial charge is 0.350 e. The second-order valence-electron chi connectivity index (χ2n) is 9.95. The summed E-state index contributed by atoms with van der Waals surface area (Å²) in [5, 5.41) is 0. The molecule has 1 aliphatic heterocycles. The fourth-order valence-electron chi connectivity index (χ4n) is 5.28. The van der Waals surface area contributed by atoms with Crippen molar-refractivity contribution in [1.82, 2.24) is 14.7 Å². The zero-order valence-corrected chi connectivity index (χ0v) is 24.5. The van der Waals surface area contributed by atoms with Gasteiger partial charge in [-0.25, -0.2) is 0 Å². The van der Waals surface area contributed by atoms with Gasteiger partial charge < -0.3 is 4.90 Å². The molecule has 1 unspecified atom stereocenters. The minimum atomic E-state index is -3.04. The minimum Gasteiger partial charge on any atom is -0.350 e. The highest BCUT2D eigenvalue weighted by atomic mass is 31.0. The molecular weight excluding hydrogens is 485 g/mol. The van der Waals surface area contributed by atoms with E-state index in [-0.39, 0.29) is 11.3 Å². The summed E-state index contributed by atoms with van der Waals surface area (Å²) in [5.41, 5.74) is -0.861. The number of hydrogen-bond donors (Lipinski definition) is 0. The molecule has 0 bridgehead atoms. The molecule has 1 aromatic rings. The highest BCUT2D eigenvalue weighted by Crippen LogP contribution is 2.32. The van der Waals surface area contributed by atoms with Crippen LogP contribution >= 0.6 is 9.24 Å². The Hall–Kier alpha value is -1.88. The quantitative estimate of drug-likeness (QED) is 0.138. The number of benzene rings is 1. The summed E-state index contributed by atoms with van der Waals surface area (Å²) in [6.45, 7) is 17.0. The van der Waals surface area contributed by atoms with Gasteiger partial charge in [0.15, 0.2) is 0 Å². The molecule has 7 heteroatoms. The maximum Gasteiger partial charge on any atom is 0.299 e. The monoisotopic (exact) mass is 532 g/mol. The number of allylic oxidation sites excluding steroid dienone is 4. The van der Waals surface area contributed by atoms with Gasteiger partial charge in [-0.05, 0) is 37.0 Å². The van der Waals surface area contributed by atoms with Gasteiger partial charge in [-0.1, -0.05) is 85.8 Å². The smallest absolute Gasteiger partial charge is 0.299 e. The van der Waals surface area contributed by atoms with Crippen LogP contribution < -0.4 is 0 Å². The Morgan fingerprint density at radius 3 is 2.19 bits per heavy atom. The summed E-state index contributed by atoms with van der Waals surface area (Å²) in [5.74, 6) is 0. The lowest BCUT2D eigenvalue weighted by Gasteiger charge is -2.50. The van der Waals surface area contributed by atoms with Gasteiger partial charge in [-0.3, -0.25) is 14.8 Å². The summed E-state index contributed by atoms with van der Waals surface area (Å²) in [6.07, 6.45) is 12.1. The van der Waals surface area contributed by atoms with Crippen LogP contribution in [0.3, 0.4) is 0 Å². The molecule has 0 N–H and O–H groups in total. The van der Waals surface area contributed by atoms with Crippen LogP contribution in [0.15, 0.2) is 72.0 Å². The predicted octanol–water partition coefficient (Wildman–Crippen LogP) is 6.98. The molecular formula is C30H47F2N4P. The Morgan fingerprint density at radius 1 is 1.05 bits per heavy atom. The SMILES string of the molecule is C=C(CC)N(/C=C/C=C\C(=N/C)C(F)(F)P)CC(CCC)(CCC)N1CCN(Cc2ccccc2)CC1. The second-order valence-corrected chi connectivity index (χ2v) is 10.7. The molecule has 0 saturated carbocycles. The molecule has 0 radical (unpaired) electrons. The van der Waals surface area contributed by atoms with Crippen LogP contribution in [-0.4, -0.2) is 71.4 Å². The third kappa shape index (κ3) is 9.74. The minimum absolute atomic E-state index is 0.0393. The molecule has 0 aromatic heterocycles. The zero-order chi connectivity index (χ0) is 27.3. The van der Waals surface area contributed by atoms with Gasteiger partial charge in [-0.2, -0.15) is 8.78 Å². The van der Waals surface area contributed by atoms with E-state index in [9.17, 15) is 8.78 Å². The Balaban J connectivity index is 2.19. The number of rotatable bonds is 15. The molecule has 1 atom stereocenters. The second kappa shape index (κ2) is 15.5. The maximum absolute atomic E-state index is 13.6. The van der Waals surface area contributed by atoms with Crippen LogP contribution in [-0.2, 0) is 6.54 Å². The van der Waals surface area contributed by atoms with Crippen LogP contribution in [0.4, 0.5) is 8.78 Å². The predicted molar refractivity (Wildman–Crippen MR) is 158 cm³/mol. The highest BCUT2D eigenvalue weighted by Gasteiger charge is 2.38. The molecule has 0 aliphatic carbocycles. The van der Waals surface area contributed by atoms with E-state index < -0.39 is 5.66 Å². The van der Waals surface area contributed by atoms with Crippen molar-refractivity contribution in [2.45, 2.75) is 70.6 Å². The van der Waals surface area contributed by atoms with Crippen LogP contribution in [0.25, 0.3) is 0 Å². The summed E-state index contributed by atoms with van der Waals surface area (Å²) in [7, 11) is 2.93. The van der Waals surface area contributed by atoms with Crippen molar-refractivity contribution in [3.8, 4) is 0 Å². The molecule has 0 amide bonds. The van der Waals surface area contributed by atoms with E-state index in [1.165, 1.54) is 18.7 Å². The van der Waals surface area contributed by atoms with Crippen LogP contribution in [0.1, 0.15) is 58.4 Å². The normalized spacial score (nSPS) is 16.7. The number of hydrogen-bond acceptors (Lipinski definition) is 4. The molecule has 1 heterocycles. The van der Waals surface area contributed by atoms with Gasteiger partial charge in [-0.15, -0.1) is 0 Å². The van der Waals surface area contributed by atoms with Crippen molar-refractivity contribution >= 4 is 15.0 Å². The molecule has 2 rings (SSSR count). The maximum atomic E-state index is 13.6. The first kappa shape index (κ1) is 31.3. The van der Waals surface area contributed by atoms with Gasteiger partial charge in [0.1, 0.15) is 5.71 Å². The molecule has 0 spiro atoms. The first-order valence-corrected chi connectivity index (χ1v) is 14.2. The number of piperazine rings is 1. The third-order valence-corrected chi connectivity index (χ3v) is 7.51. The fraction of sp³-hybridized carbons (Fsp3) is 0.567. The Labute approximate surface area is 226 Å². The number of alkyl halides is 2. The van der Waals surface area contributed by atoms with E-state index >= 15 is 0 Å². The van der Waals surface area contributed by atoms with Crippen molar-refractivity contribution in [3.05, 3.63) is 72.6 Å². The molecule has 1 aliphatic rings. The van der Waals surface area contributed by atoms with Crippen molar-refractivity contribution in [2.24, 2.45) is 4.99 Å². The molecule has 1 fully saturated rings. The number of nitrogens with zero attached hydrogens (tertiary/aromatic N) is 4. The van der Waals surface area contributed by atoms with Crippen molar-refractivity contribution in [1.29, 1.82) is 0 Å². The van der Waals surface area contributed by atoms with Gasteiger partial charge in [0.25, 0.3) is 5.66 Å². The number of halogens is 2. The van der Waals surface area contributed by atoms with E-state index in [1.54, 1.807) is 15.3 Å². The summed E-state index contributed by atoms with van der Waals surface area (Å²) < 4.78 is 27.3. The summed E-state index contributed by atoms with van der Waals surface area (Å²) in [6, 6.07) is 10.7. The van der Waals surface area contributed by atoms with Gasteiger partial charge in [0.2, 0.25) is 0 Å². The van der Waals surface area contributed by atoms with E-state index in [0.717, 1.165) is 77.1 Å². The van der Waals surface area contributed by atoms with Crippen LogP contribution in [0.5, 0.6) is 0 Å². The average molecular weight is 533 g/mol. The molecule has 4 nitrogen and oxygen atoms in total. The highest BCUT2D eigenvalue weighted by molar-refractivity contribution is 7.20. The Kier molecular flexibility index (Phi) is 13.1. The Bertz CT molecular complexity index is 894. The van der Waals surface area contributed by atoms with Gasteiger partial charge >= 0.3 is 0 Å². The van der Waals surface area contributed by atoms with Crippen molar-refractivity contribution < 1.29 is 8.78 Å².